The summed E-state index contributed by atoms with van der Waals surface area (Å²) < 4.78 is 36.7. The Morgan fingerprint density at radius 2 is 1.83 bits per heavy atom. The summed E-state index contributed by atoms with van der Waals surface area (Å²) in [5.41, 5.74) is 0. The van der Waals surface area contributed by atoms with E-state index in [9.17, 15) is 13.2 Å². The normalized spacial score (nSPS) is 38.2. The van der Waals surface area contributed by atoms with Crippen molar-refractivity contribution in [3.8, 4) is 0 Å². The summed E-state index contributed by atoms with van der Waals surface area (Å²) in [7, 11) is 0. The molecule has 3 unspecified atom stereocenters. The van der Waals surface area contributed by atoms with Crippen molar-refractivity contribution in [2.24, 2.45) is 5.92 Å². The number of aliphatic hydroxyl groups is 1. The molecule has 0 heterocycles. The van der Waals surface area contributed by atoms with Gasteiger partial charge in [0.2, 0.25) is 0 Å². The summed E-state index contributed by atoms with van der Waals surface area (Å²) in [4.78, 5) is -0.527. The maximum absolute atomic E-state index is 12.2. The van der Waals surface area contributed by atoms with Gasteiger partial charge >= 0.3 is 6.18 Å². The quantitative estimate of drug-likeness (QED) is 0.652. The molecule has 0 bridgehead atoms. The first-order valence-corrected chi connectivity index (χ1v) is 4.71. The van der Waals surface area contributed by atoms with Crippen LogP contribution in [-0.2, 0) is 0 Å². The van der Waals surface area contributed by atoms with Gasteiger partial charge in [0, 0.05) is 4.83 Å². The highest BCUT2D eigenvalue weighted by Crippen LogP contribution is 2.40. The molecule has 1 aliphatic carbocycles. The molecule has 0 amide bonds. The van der Waals surface area contributed by atoms with E-state index in [1.54, 1.807) is 0 Å². The van der Waals surface area contributed by atoms with Gasteiger partial charge in [0.05, 0.1) is 12.0 Å². The molecule has 0 aromatic carbocycles. The molecule has 1 fully saturated rings. The number of aliphatic hydroxyl groups excluding tert-OH is 1. The number of alkyl halides is 4. The lowest BCUT2D eigenvalue weighted by Crippen LogP contribution is -2.38. The Morgan fingerprint density at radius 1 is 1.25 bits per heavy atom. The van der Waals surface area contributed by atoms with Crippen molar-refractivity contribution in [2.45, 2.75) is 36.4 Å². The SMILES string of the molecule is OC1CCC(Br)C(C(F)(F)F)C1. The van der Waals surface area contributed by atoms with Gasteiger partial charge in [0.15, 0.2) is 0 Å². The Labute approximate surface area is 77.1 Å². The average molecular weight is 247 g/mol. The van der Waals surface area contributed by atoms with E-state index in [1.807, 2.05) is 0 Å². The molecule has 0 aliphatic heterocycles. The highest BCUT2D eigenvalue weighted by atomic mass is 79.9. The van der Waals surface area contributed by atoms with Crippen LogP contribution in [0.3, 0.4) is 0 Å². The molecule has 0 aromatic rings. The van der Waals surface area contributed by atoms with Crippen molar-refractivity contribution >= 4 is 15.9 Å². The third-order valence-electron chi connectivity index (χ3n) is 2.16. The van der Waals surface area contributed by atoms with Crippen LogP contribution in [0.15, 0.2) is 0 Å². The fourth-order valence-electron chi connectivity index (χ4n) is 1.45. The van der Waals surface area contributed by atoms with E-state index in [0.29, 0.717) is 12.8 Å². The van der Waals surface area contributed by atoms with Crippen LogP contribution in [0.2, 0.25) is 0 Å². The molecule has 12 heavy (non-hydrogen) atoms. The van der Waals surface area contributed by atoms with Crippen LogP contribution in [0, 0.1) is 5.92 Å². The second-order valence-corrected chi connectivity index (χ2v) is 4.31. The average Bonchev–Trinajstić information content (AvgIpc) is 1.92. The molecule has 72 valence electrons. The van der Waals surface area contributed by atoms with E-state index in [2.05, 4.69) is 15.9 Å². The van der Waals surface area contributed by atoms with Crippen molar-refractivity contribution in [1.29, 1.82) is 0 Å². The molecule has 1 N–H and O–H groups in total. The van der Waals surface area contributed by atoms with Gasteiger partial charge in [0.25, 0.3) is 0 Å². The molecule has 1 aliphatic rings. The summed E-state index contributed by atoms with van der Waals surface area (Å²) >= 11 is 2.99. The lowest BCUT2D eigenvalue weighted by molar-refractivity contribution is -0.186. The number of rotatable bonds is 0. The van der Waals surface area contributed by atoms with Gasteiger partial charge in [-0.2, -0.15) is 13.2 Å². The van der Waals surface area contributed by atoms with Crippen LogP contribution in [0.4, 0.5) is 13.2 Å². The first-order valence-electron chi connectivity index (χ1n) is 3.80. The van der Waals surface area contributed by atoms with Gasteiger partial charge in [-0.3, -0.25) is 0 Å². The second kappa shape index (κ2) is 3.54. The first-order chi connectivity index (χ1) is 5.41. The van der Waals surface area contributed by atoms with Crippen molar-refractivity contribution in [1.82, 2.24) is 0 Å². The Hall–Kier alpha value is 0.230. The number of hydrogen-bond donors (Lipinski definition) is 1. The standard InChI is InChI=1S/C7H10BrF3O/c8-6-2-1-4(12)3-5(6)7(9,10)11/h4-6,12H,1-3H2. The largest absolute Gasteiger partial charge is 0.393 e. The van der Waals surface area contributed by atoms with Crippen molar-refractivity contribution < 1.29 is 18.3 Å². The van der Waals surface area contributed by atoms with Crippen molar-refractivity contribution in [2.75, 3.05) is 0 Å². The predicted octanol–water partition coefficient (Wildman–Crippen LogP) is 2.47. The molecule has 0 saturated heterocycles. The van der Waals surface area contributed by atoms with Gasteiger partial charge in [-0.05, 0) is 19.3 Å². The topological polar surface area (TPSA) is 20.2 Å². The lowest BCUT2D eigenvalue weighted by atomic mass is 9.87. The zero-order chi connectivity index (χ0) is 9.35. The molecule has 1 saturated carbocycles. The molecular formula is C7H10BrF3O. The Morgan fingerprint density at radius 3 is 2.25 bits per heavy atom. The molecule has 3 atom stereocenters. The van der Waals surface area contributed by atoms with Gasteiger partial charge in [-0.25, -0.2) is 0 Å². The maximum Gasteiger partial charge on any atom is 0.392 e. The second-order valence-electron chi connectivity index (χ2n) is 3.13. The third kappa shape index (κ3) is 2.36. The number of halogens is 4. The minimum atomic E-state index is -4.18. The van der Waals surface area contributed by atoms with E-state index < -0.39 is 23.0 Å². The fraction of sp³-hybridized carbons (Fsp3) is 1.00. The molecule has 1 nitrogen and oxygen atoms in total. The summed E-state index contributed by atoms with van der Waals surface area (Å²) in [6, 6.07) is 0. The van der Waals surface area contributed by atoms with Crippen LogP contribution in [-0.4, -0.2) is 22.2 Å². The predicted molar refractivity (Wildman–Crippen MR) is 42.1 cm³/mol. The van der Waals surface area contributed by atoms with Crippen molar-refractivity contribution in [3.63, 3.8) is 0 Å². The molecule has 0 spiro atoms. The third-order valence-corrected chi connectivity index (χ3v) is 3.25. The summed E-state index contributed by atoms with van der Waals surface area (Å²) in [5.74, 6) is -1.39. The molecule has 5 heteroatoms. The lowest BCUT2D eigenvalue weighted by Gasteiger charge is -2.31. The monoisotopic (exact) mass is 246 g/mol. The van der Waals surface area contributed by atoms with E-state index in [0.717, 1.165) is 0 Å². The molecular weight excluding hydrogens is 237 g/mol. The van der Waals surface area contributed by atoms with E-state index in [-0.39, 0.29) is 6.42 Å². The van der Waals surface area contributed by atoms with Crippen LogP contribution in [0.1, 0.15) is 19.3 Å². The van der Waals surface area contributed by atoms with Crippen LogP contribution in [0.25, 0.3) is 0 Å². The Bertz CT molecular complexity index is 159. The maximum atomic E-state index is 12.2. The number of hydrogen-bond acceptors (Lipinski definition) is 1. The first kappa shape index (κ1) is 10.3. The van der Waals surface area contributed by atoms with Gasteiger partial charge in [-0.15, -0.1) is 0 Å². The fourth-order valence-corrected chi connectivity index (χ4v) is 2.23. The molecule has 0 aromatic heterocycles. The highest BCUT2D eigenvalue weighted by Gasteiger charge is 2.46. The smallest absolute Gasteiger partial charge is 0.392 e. The van der Waals surface area contributed by atoms with Gasteiger partial charge in [0.1, 0.15) is 0 Å². The zero-order valence-electron chi connectivity index (χ0n) is 6.31. The highest BCUT2D eigenvalue weighted by molar-refractivity contribution is 9.09. The van der Waals surface area contributed by atoms with Gasteiger partial charge in [-0.1, -0.05) is 15.9 Å². The van der Waals surface area contributed by atoms with Crippen LogP contribution >= 0.6 is 15.9 Å². The zero-order valence-corrected chi connectivity index (χ0v) is 7.90. The van der Waals surface area contributed by atoms with E-state index >= 15 is 0 Å². The summed E-state index contributed by atoms with van der Waals surface area (Å²) in [6.07, 6.45) is -4.28. The minimum Gasteiger partial charge on any atom is -0.393 e. The summed E-state index contributed by atoms with van der Waals surface area (Å²) in [6.45, 7) is 0. The molecule has 1 rings (SSSR count). The van der Waals surface area contributed by atoms with Gasteiger partial charge < -0.3 is 5.11 Å². The van der Waals surface area contributed by atoms with E-state index in [1.165, 1.54) is 0 Å². The summed E-state index contributed by atoms with van der Waals surface area (Å²) in [5, 5.41) is 9.04. The minimum absolute atomic E-state index is 0.167. The van der Waals surface area contributed by atoms with Crippen LogP contribution in [0.5, 0.6) is 0 Å². The molecule has 0 radical (unpaired) electrons. The van der Waals surface area contributed by atoms with Crippen molar-refractivity contribution in [3.05, 3.63) is 0 Å². The Kier molecular flexibility index (Phi) is 3.04. The van der Waals surface area contributed by atoms with Crippen LogP contribution < -0.4 is 0 Å². The Balaban J connectivity index is 2.61. The van der Waals surface area contributed by atoms with E-state index in [4.69, 9.17) is 5.11 Å².